The summed E-state index contributed by atoms with van der Waals surface area (Å²) in [5.74, 6) is -0.424. The number of aromatic nitrogens is 2. The molecule has 1 aromatic heterocycles. The van der Waals surface area contributed by atoms with Crippen molar-refractivity contribution in [2.24, 2.45) is 0 Å². The van der Waals surface area contributed by atoms with Gasteiger partial charge in [-0.15, -0.1) is 0 Å². The number of rotatable bonds is 9. The van der Waals surface area contributed by atoms with Gasteiger partial charge in [0.25, 0.3) is 5.91 Å². The molecular weight excluding hydrogens is 447 g/mol. The van der Waals surface area contributed by atoms with E-state index in [9.17, 15) is 27.9 Å². The fourth-order valence-electron chi connectivity index (χ4n) is 3.61. The molecule has 11 heteroatoms. The van der Waals surface area contributed by atoms with Gasteiger partial charge in [0.2, 0.25) is 0 Å². The van der Waals surface area contributed by atoms with Crippen LogP contribution in [0.5, 0.6) is 0 Å². The zero-order valence-electron chi connectivity index (χ0n) is 17.2. The van der Waals surface area contributed by atoms with E-state index in [0.29, 0.717) is 5.75 Å². The van der Waals surface area contributed by atoms with Gasteiger partial charge in [-0.1, -0.05) is 6.07 Å². The average Bonchev–Trinajstić information content (AvgIpc) is 3.09. The van der Waals surface area contributed by atoms with Crippen LogP contribution in [0.2, 0.25) is 0 Å². The number of Topliss-reactive ketones (excluding diaryl/α,β-unsaturated/α-hetero) is 1. The number of nitrogens with zero attached hydrogens (tertiary/aromatic N) is 3. The molecule has 1 aromatic carbocycles. The monoisotopic (exact) mass is 469 g/mol. The molecule has 2 aromatic rings. The maximum Gasteiger partial charge on any atom is 0.416 e. The SMILES string of the molecule is CSCC[C@@H](C(=O)Cc1cnc([C@H](O)CO)cn1)N1Cc2c(cccc2C(F)(F)F)C1=O. The van der Waals surface area contributed by atoms with Gasteiger partial charge in [0.15, 0.2) is 5.78 Å². The van der Waals surface area contributed by atoms with E-state index in [0.717, 1.165) is 6.07 Å². The molecule has 172 valence electrons. The topological polar surface area (TPSA) is 104 Å². The fraction of sp³-hybridized carbons (Fsp3) is 0.429. The number of carbonyl (C=O) groups excluding carboxylic acids is 2. The van der Waals surface area contributed by atoms with E-state index in [1.807, 2.05) is 6.26 Å². The summed E-state index contributed by atoms with van der Waals surface area (Å²) in [6.45, 7) is -0.816. The average molecular weight is 469 g/mol. The highest BCUT2D eigenvalue weighted by Gasteiger charge is 2.42. The fourth-order valence-corrected chi connectivity index (χ4v) is 4.07. The number of fused-ring (bicyclic) bond motifs is 1. The van der Waals surface area contributed by atoms with Gasteiger partial charge in [-0.3, -0.25) is 19.6 Å². The van der Waals surface area contributed by atoms with Crippen LogP contribution in [0.15, 0.2) is 30.6 Å². The summed E-state index contributed by atoms with van der Waals surface area (Å²) in [7, 11) is 0. The number of aliphatic hydroxyl groups excluding tert-OH is 2. The minimum atomic E-state index is -4.60. The molecule has 3 rings (SSSR count). The molecule has 2 N–H and O–H groups in total. The summed E-state index contributed by atoms with van der Waals surface area (Å²) in [5.41, 5.74) is -0.588. The number of hydrogen-bond donors (Lipinski definition) is 2. The lowest BCUT2D eigenvalue weighted by Gasteiger charge is -2.26. The Bertz CT molecular complexity index is 985. The van der Waals surface area contributed by atoms with Gasteiger partial charge in [0.1, 0.15) is 6.10 Å². The molecule has 0 radical (unpaired) electrons. The maximum atomic E-state index is 13.4. The minimum Gasteiger partial charge on any atom is -0.393 e. The van der Waals surface area contributed by atoms with Crippen molar-refractivity contribution in [2.75, 3.05) is 18.6 Å². The van der Waals surface area contributed by atoms with Crippen LogP contribution >= 0.6 is 11.8 Å². The van der Waals surface area contributed by atoms with Crippen LogP contribution in [-0.4, -0.2) is 61.4 Å². The molecule has 2 atom stereocenters. The van der Waals surface area contributed by atoms with Crippen LogP contribution in [-0.2, 0) is 23.9 Å². The van der Waals surface area contributed by atoms with Gasteiger partial charge >= 0.3 is 6.18 Å². The van der Waals surface area contributed by atoms with Gasteiger partial charge in [0, 0.05) is 18.3 Å². The third-order valence-electron chi connectivity index (χ3n) is 5.24. The highest BCUT2D eigenvalue weighted by Crippen LogP contribution is 2.38. The zero-order valence-corrected chi connectivity index (χ0v) is 18.0. The Labute approximate surface area is 186 Å². The van der Waals surface area contributed by atoms with Crippen molar-refractivity contribution >= 4 is 23.5 Å². The largest absolute Gasteiger partial charge is 0.416 e. The molecule has 0 fully saturated rings. The van der Waals surface area contributed by atoms with Crippen molar-refractivity contribution in [3.8, 4) is 0 Å². The molecule has 32 heavy (non-hydrogen) atoms. The quantitative estimate of drug-likeness (QED) is 0.581. The number of benzene rings is 1. The van der Waals surface area contributed by atoms with E-state index in [2.05, 4.69) is 9.97 Å². The minimum absolute atomic E-state index is 0.0380. The van der Waals surface area contributed by atoms with Crippen LogP contribution in [0.4, 0.5) is 13.2 Å². The third kappa shape index (κ3) is 5.11. The zero-order chi connectivity index (χ0) is 23.5. The van der Waals surface area contributed by atoms with Crippen molar-refractivity contribution in [1.29, 1.82) is 0 Å². The Morgan fingerprint density at radius 2 is 2.03 bits per heavy atom. The van der Waals surface area contributed by atoms with Crippen molar-refractivity contribution in [1.82, 2.24) is 14.9 Å². The molecule has 1 amide bonds. The molecule has 7 nitrogen and oxygen atoms in total. The van der Waals surface area contributed by atoms with Crippen molar-refractivity contribution < 1.29 is 33.0 Å². The van der Waals surface area contributed by atoms with E-state index in [1.165, 1.54) is 41.2 Å². The van der Waals surface area contributed by atoms with Crippen LogP contribution in [0.25, 0.3) is 0 Å². The molecule has 0 saturated carbocycles. The number of thioether (sulfide) groups is 1. The normalized spacial score (nSPS) is 15.6. The summed E-state index contributed by atoms with van der Waals surface area (Å²) in [5, 5.41) is 18.5. The Balaban J connectivity index is 1.83. The Kier molecular flexibility index (Phi) is 7.52. The smallest absolute Gasteiger partial charge is 0.393 e. The first-order valence-corrected chi connectivity index (χ1v) is 11.2. The van der Waals surface area contributed by atoms with E-state index in [-0.39, 0.29) is 47.7 Å². The number of ketones is 1. The Hall–Kier alpha value is -2.50. The summed E-state index contributed by atoms with van der Waals surface area (Å²) in [6, 6.07) is 2.57. The van der Waals surface area contributed by atoms with E-state index in [4.69, 9.17) is 5.11 Å². The highest BCUT2D eigenvalue weighted by molar-refractivity contribution is 7.98. The predicted molar refractivity (Wildman–Crippen MR) is 111 cm³/mol. The van der Waals surface area contributed by atoms with Crippen molar-refractivity contribution in [3.63, 3.8) is 0 Å². The first kappa shape index (κ1) is 24.1. The molecule has 0 bridgehead atoms. The summed E-state index contributed by atoms with van der Waals surface area (Å²) >= 11 is 1.46. The van der Waals surface area contributed by atoms with Crippen LogP contribution in [0.3, 0.4) is 0 Å². The number of aliphatic hydroxyl groups is 2. The molecule has 2 heterocycles. The first-order chi connectivity index (χ1) is 15.2. The number of alkyl halides is 3. The van der Waals surface area contributed by atoms with Crippen LogP contribution in [0, 0.1) is 0 Å². The lowest BCUT2D eigenvalue weighted by atomic mass is 10.0. The lowest BCUT2D eigenvalue weighted by Crippen LogP contribution is -2.42. The van der Waals surface area contributed by atoms with E-state index >= 15 is 0 Å². The van der Waals surface area contributed by atoms with Gasteiger partial charge in [0.05, 0.1) is 42.2 Å². The Morgan fingerprint density at radius 1 is 1.28 bits per heavy atom. The number of hydrogen-bond acceptors (Lipinski definition) is 7. The lowest BCUT2D eigenvalue weighted by molar-refractivity contribution is -0.138. The van der Waals surface area contributed by atoms with E-state index in [1.54, 1.807) is 0 Å². The third-order valence-corrected chi connectivity index (χ3v) is 5.88. The molecule has 0 aliphatic carbocycles. The molecule has 0 unspecified atom stereocenters. The predicted octanol–water partition coefficient (Wildman–Crippen LogP) is 2.41. The van der Waals surface area contributed by atoms with Crippen LogP contribution < -0.4 is 0 Å². The maximum absolute atomic E-state index is 13.4. The van der Waals surface area contributed by atoms with Gasteiger partial charge in [-0.25, -0.2) is 0 Å². The second kappa shape index (κ2) is 9.97. The summed E-state index contributed by atoms with van der Waals surface area (Å²) in [4.78, 5) is 35.2. The molecule has 0 spiro atoms. The van der Waals surface area contributed by atoms with Crippen LogP contribution in [0.1, 0.15) is 45.4 Å². The number of carbonyl (C=O) groups is 2. The Morgan fingerprint density at radius 3 is 2.62 bits per heavy atom. The summed E-state index contributed by atoms with van der Waals surface area (Å²) in [6.07, 6.45) is -1.31. The highest BCUT2D eigenvalue weighted by atomic mass is 32.2. The molecule has 1 aliphatic heterocycles. The number of halogens is 3. The summed E-state index contributed by atoms with van der Waals surface area (Å²) < 4.78 is 40.2. The second-order valence-corrected chi connectivity index (χ2v) is 8.32. The standard InChI is InChI=1S/C21H22F3N3O4S/c1-32-6-5-17(18(29)7-12-8-26-16(9-25-12)19(30)11-28)27-10-14-13(20(27)31)3-2-4-15(14)21(22,23)24/h2-4,8-9,17,19,28,30H,5-7,10-11H2,1H3/t17-,19+/m0/s1. The molecule has 1 aliphatic rings. The van der Waals surface area contributed by atoms with Crippen molar-refractivity contribution in [3.05, 3.63) is 58.7 Å². The van der Waals surface area contributed by atoms with Gasteiger partial charge < -0.3 is 15.1 Å². The molecular formula is C21H22F3N3O4S. The van der Waals surface area contributed by atoms with Gasteiger partial charge in [-0.2, -0.15) is 24.9 Å². The van der Waals surface area contributed by atoms with Gasteiger partial charge in [-0.05, 0) is 36.1 Å². The number of amides is 1. The van der Waals surface area contributed by atoms with Crippen molar-refractivity contribution in [2.45, 2.75) is 37.7 Å². The molecule has 0 saturated heterocycles. The first-order valence-electron chi connectivity index (χ1n) is 9.78. The second-order valence-electron chi connectivity index (χ2n) is 7.33. The van der Waals surface area contributed by atoms with E-state index < -0.39 is 36.4 Å².